The van der Waals surface area contributed by atoms with Crippen molar-refractivity contribution in [3.8, 4) is 11.3 Å². The van der Waals surface area contributed by atoms with Crippen LogP contribution in [0.5, 0.6) is 0 Å². The standard InChI is InChI=1S/C18H14FN3O2/c19-14-8-6-13(7-9-14)15-10-16(22-18(24)21-15)17(23)20-11-12-4-2-1-3-5-12/h1-10H,11H2,(H,20,23)(H,21,22,24). The largest absolute Gasteiger partial charge is 0.347 e. The fraction of sp³-hybridized carbons (Fsp3) is 0.0556. The van der Waals surface area contributed by atoms with Crippen LogP contribution in [0.25, 0.3) is 11.3 Å². The van der Waals surface area contributed by atoms with Gasteiger partial charge < -0.3 is 10.3 Å². The lowest BCUT2D eigenvalue weighted by Gasteiger charge is -2.07. The summed E-state index contributed by atoms with van der Waals surface area (Å²) in [6.45, 7) is 0.343. The van der Waals surface area contributed by atoms with Gasteiger partial charge in [-0.25, -0.2) is 9.18 Å². The summed E-state index contributed by atoms with van der Waals surface area (Å²) in [5, 5.41) is 2.73. The fourth-order valence-electron chi connectivity index (χ4n) is 2.22. The zero-order valence-electron chi connectivity index (χ0n) is 12.6. The SMILES string of the molecule is O=C(NCc1ccccc1)c1cc(-c2ccc(F)cc2)nc(=O)[nH]1. The van der Waals surface area contributed by atoms with E-state index in [-0.39, 0.29) is 11.5 Å². The number of nitrogens with one attached hydrogen (secondary N) is 2. The number of H-pyrrole nitrogens is 1. The van der Waals surface area contributed by atoms with Crippen molar-refractivity contribution >= 4 is 5.91 Å². The van der Waals surface area contributed by atoms with Crippen LogP contribution >= 0.6 is 0 Å². The van der Waals surface area contributed by atoms with Crippen molar-refractivity contribution in [2.75, 3.05) is 0 Å². The van der Waals surface area contributed by atoms with Crippen LogP contribution in [0.2, 0.25) is 0 Å². The summed E-state index contributed by atoms with van der Waals surface area (Å²) in [5.41, 5.74) is 1.27. The summed E-state index contributed by atoms with van der Waals surface area (Å²) in [7, 11) is 0. The maximum atomic E-state index is 13.0. The number of nitrogens with zero attached hydrogens (tertiary/aromatic N) is 1. The number of hydrogen-bond acceptors (Lipinski definition) is 3. The number of carbonyl (C=O) groups is 1. The Balaban J connectivity index is 1.81. The van der Waals surface area contributed by atoms with Crippen LogP contribution in [-0.4, -0.2) is 15.9 Å². The topological polar surface area (TPSA) is 74.8 Å². The van der Waals surface area contributed by atoms with Gasteiger partial charge in [0.15, 0.2) is 0 Å². The minimum absolute atomic E-state index is 0.102. The minimum Gasteiger partial charge on any atom is -0.347 e. The molecule has 0 aliphatic carbocycles. The molecule has 0 atom stereocenters. The summed E-state index contributed by atoms with van der Waals surface area (Å²) < 4.78 is 13.0. The van der Waals surface area contributed by atoms with Crippen LogP contribution in [0.15, 0.2) is 65.5 Å². The normalized spacial score (nSPS) is 10.4. The van der Waals surface area contributed by atoms with E-state index < -0.39 is 11.6 Å². The molecule has 0 radical (unpaired) electrons. The zero-order chi connectivity index (χ0) is 16.9. The van der Waals surface area contributed by atoms with Gasteiger partial charge in [-0.05, 0) is 35.9 Å². The predicted octanol–water partition coefficient (Wildman–Crippen LogP) is 2.51. The van der Waals surface area contributed by atoms with E-state index in [1.807, 2.05) is 30.3 Å². The maximum Gasteiger partial charge on any atom is 0.346 e. The molecule has 0 unspecified atom stereocenters. The Hall–Kier alpha value is -3.28. The van der Waals surface area contributed by atoms with Gasteiger partial charge in [-0.15, -0.1) is 0 Å². The molecule has 0 aliphatic heterocycles. The lowest BCUT2D eigenvalue weighted by Crippen LogP contribution is -2.27. The summed E-state index contributed by atoms with van der Waals surface area (Å²) in [4.78, 5) is 30.2. The summed E-state index contributed by atoms with van der Waals surface area (Å²) >= 11 is 0. The molecule has 2 aromatic carbocycles. The van der Waals surface area contributed by atoms with Crippen molar-refractivity contribution in [2.24, 2.45) is 0 Å². The van der Waals surface area contributed by atoms with E-state index in [1.54, 1.807) is 0 Å². The van der Waals surface area contributed by atoms with Gasteiger partial charge in [0.2, 0.25) is 0 Å². The number of hydrogen-bond donors (Lipinski definition) is 2. The average Bonchev–Trinajstić information content (AvgIpc) is 2.60. The van der Waals surface area contributed by atoms with Crippen molar-refractivity contribution in [2.45, 2.75) is 6.54 Å². The zero-order valence-corrected chi connectivity index (χ0v) is 12.6. The Labute approximate surface area is 137 Å². The van der Waals surface area contributed by atoms with Crippen LogP contribution in [0.1, 0.15) is 16.1 Å². The van der Waals surface area contributed by atoms with E-state index in [1.165, 1.54) is 30.3 Å². The molecular formula is C18H14FN3O2. The number of carbonyl (C=O) groups excluding carboxylic acids is 1. The highest BCUT2D eigenvalue weighted by Crippen LogP contribution is 2.16. The average molecular weight is 323 g/mol. The second kappa shape index (κ2) is 6.87. The Morgan fingerprint density at radius 3 is 2.50 bits per heavy atom. The first-order valence-electron chi connectivity index (χ1n) is 7.31. The lowest BCUT2D eigenvalue weighted by molar-refractivity contribution is 0.0945. The highest BCUT2D eigenvalue weighted by atomic mass is 19.1. The minimum atomic E-state index is -0.637. The fourth-order valence-corrected chi connectivity index (χ4v) is 2.22. The molecule has 0 aliphatic rings. The molecule has 0 saturated heterocycles. The molecule has 3 aromatic rings. The maximum absolute atomic E-state index is 13.0. The molecule has 0 fully saturated rings. The number of benzene rings is 2. The van der Waals surface area contributed by atoms with Crippen molar-refractivity contribution in [3.05, 3.63) is 88.2 Å². The second-order valence-electron chi connectivity index (χ2n) is 5.16. The molecule has 24 heavy (non-hydrogen) atoms. The van der Waals surface area contributed by atoms with Gasteiger partial charge in [0.05, 0.1) is 5.69 Å². The number of aromatic amines is 1. The highest BCUT2D eigenvalue weighted by molar-refractivity contribution is 5.93. The second-order valence-corrected chi connectivity index (χ2v) is 5.16. The monoisotopic (exact) mass is 323 g/mol. The molecule has 6 heteroatoms. The Bertz CT molecular complexity index is 906. The molecule has 1 aromatic heterocycles. The van der Waals surface area contributed by atoms with Gasteiger partial charge >= 0.3 is 5.69 Å². The van der Waals surface area contributed by atoms with Crippen LogP contribution < -0.4 is 11.0 Å². The molecule has 5 nitrogen and oxygen atoms in total. The lowest BCUT2D eigenvalue weighted by atomic mass is 10.1. The number of rotatable bonds is 4. The first-order chi connectivity index (χ1) is 11.6. The molecule has 0 spiro atoms. The summed E-state index contributed by atoms with van der Waals surface area (Å²) in [6, 6.07) is 16.4. The van der Waals surface area contributed by atoms with Gasteiger partial charge in [-0.2, -0.15) is 4.98 Å². The van der Waals surface area contributed by atoms with E-state index in [4.69, 9.17) is 0 Å². The van der Waals surface area contributed by atoms with E-state index in [2.05, 4.69) is 15.3 Å². The van der Waals surface area contributed by atoms with E-state index >= 15 is 0 Å². The molecule has 120 valence electrons. The quantitative estimate of drug-likeness (QED) is 0.775. The van der Waals surface area contributed by atoms with Crippen molar-refractivity contribution in [1.29, 1.82) is 0 Å². The molecule has 2 N–H and O–H groups in total. The van der Waals surface area contributed by atoms with Crippen LogP contribution in [0.4, 0.5) is 4.39 Å². The Morgan fingerprint density at radius 1 is 1.08 bits per heavy atom. The van der Waals surface area contributed by atoms with Gasteiger partial charge in [-0.1, -0.05) is 30.3 Å². The summed E-state index contributed by atoms with van der Waals surface area (Å²) in [6.07, 6.45) is 0. The molecule has 3 rings (SSSR count). The van der Waals surface area contributed by atoms with Gasteiger partial charge in [-0.3, -0.25) is 4.79 Å². The Kier molecular flexibility index (Phi) is 4.47. The molecule has 0 bridgehead atoms. The summed E-state index contributed by atoms with van der Waals surface area (Å²) in [5.74, 6) is -0.800. The van der Waals surface area contributed by atoms with Crippen molar-refractivity contribution < 1.29 is 9.18 Å². The predicted molar refractivity (Wildman–Crippen MR) is 87.9 cm³/mol. The van der Waals surface area contributed by atoms with Gasteiger partial charge in [0, 0.05) is 12.1 Å². The third-order valence-electron chi connectivity index (χ3n) is 3.43. The van der Waals surface area contributed by atoms with E-state index in [0.717, 1.165) is 5.56 Å². The number of aromatic nitrogens is 2. The first-order valence-corrected chi connectivity index (χ1v) is 7.31. The molecule has 0 saturated carbocycles. The van der Waals surface area contributed by atoms with E-state index in [9.17, 15) is 14.0 Å². The third kappa shape index (κ3) is 3.73. The number of halogens is 1. The van der Waals surface area contributed by atoms with Crippen LogP contribution in [0, 0.1) is 5.82 Å². The smallest absolute Gasteiger partial charge is 0.346 e. The van der Waals surface area contributed by atoms with Crippen molar-refractivity contribution in [3.63, 3.8) is 0 Å². The highest BCUT2D eigenvalue weighted by Gasteiger charge is 2.10. The molecular weight excluding hydrogens is 309 g/mol. The van der Waals surface area contributed by atoms with Crippen molar-refractivity contribution in [1.82, 2.24) is 15.3 Å². The molecule has 1 heterocycles. The third-order valence-corrected chi connectivity index (χ3v) is 3.43. The van der Waals surface area contributed by atoms with Crippen LogP contribution in [0.3, 0.4) is 0 Å². The van der Waals surface area contributed by atoms with E-state index in [0.29, 0.717) is 17.8 Å². The first kappa shape index (κ1) is 15.6. The molecule has 1 amide bonds. The Morgan fingerprint density at radius 2 is 1.79 bits per heavy atom. The van der Waals surface area contributed by atoms with Gasteiger partial charge in [0.25, 0.3) is 5.91 Å². The van der Waals surface area contributed by atoms with Gasteiger partial charge in [0.1, 0.15) is 11.5 Å². The number of amides is 1. The van der Waals surface area contributed by atoms with Crippen LogP contribution in [-0.2, 0) is 6.54 Å².